The molecule has 2 atom stereocenters. The standard InChI is InChI=1S/C24H29FN2O6/c1-16(2)13-27(14-21(28)23(31)33-15-17-8-4-3-5-9-17)24(32)26-20(22(29)30)12-18-10-6-7-11-19(18)25/h3-11,16,20-21,28H,12-15H2,1-2H3,(H,26,32)(H,29,30)/t20-,21?/m0/s1. The first-order valence-electron chi connectivity index (χ1n) is 10.6. The first-order chi connectivity index (χ1) is 15.7. The summed E-state index contributed by atoms with van der Waals surface area (Å²) in [5.41, 5.74) is 0.886. The van der Waals surface area contributed by atoms with Crippen LogP contribution in [-0.2, 0) is 27.4 Å². The summed E-state index contributed by atoms with van der Waals surface area (Å²) in [6.07, 6.45) is -1.88. The molecule has 9 heteroatoms. The first kappa shape index (κ1) is 25.8. The number of aliphatic carboxylic acids is 1. The van der Waals surface area contributed by atoms with Crippen molar-refractivity contribution in [2.75, 3.05) is 13.1 Å². The van der Waals surface area contributed by atoms with E-state index in [9.17, 15) is 29.0 Å². The summed E-state index contributed by atoms with van der Waals surface area (Å²) in [6, 6.07) is 12.4. The number of ether oxygens (including phenoxy) is 1. The third-order valence-corrected chi connectivity index (χ3v) is 4.74. The normalized spacial score (nSPS) is 12.6. The van der Waals surface area contributed by atoms with Crippen molar-refractivity contribution < 1.29 is 33.7 Å². The van der Waals surface area contributed by atoms with Crippen LogP contribution in [0.15, 0.2) is 54.6 Å². The number of urea groups is 1. The van der Waals surface area contributed by atoms with Crippen LogP contribution >= 0.6 is 0 Å². The summed E-state index contributed by atoms with van der Waals surface area (Å²) >= 11 is 0. The van der Waals surface area contributed by atoms with Gasteiger partial charge in [0.1, 0.15) is 18.5 Å². The molecule has 0 aliphatic carbocycles. The van der Waals surface area contributed by atoms with Gasteiger partial charge in [0.2, 0.25) is 0 Å². The Morgan fingerprint density at radius 2 is 1.67 bits per heavy atom. The number of esters is 1. The number of carboxylic acids is 1. The highest BCUT2D eigenvalue weighted by Gasteiger charge is 2.28. The maximum Gasteiger partial charge on any atom is 0.337 e. The molecular weight excluding hydrogens is 431 g/mol. The van der Waals surface area contributed by atoms with Gasteiger partial charge in [-0.05, 0) is 23.1 Å². The van der Waals surface area contributed by atoms with E-state index in [4.69, 9.17) is 4.74 Å². The maximum atomic E-state index is 13.9. The second-order valence-electron chi connectivity index (χ2n) is 8.04. The van der Waals surface area contributed by atoms with Crippen LogP contribution in [0.2, 0.25) is 0 Å². The number of hydrogen-bond donors (Lipinski definition) is 3. The number of amides is 2. The zero-order chi connectivity index (χ0) is 24.4. The van der Waals surface area contributed by atoms with Gasteiger partial charge in [0.25, 0.3) is 0 Å². The van der Waals surface area contributed by atoms with E-state index in [-0.39, 0.29) is 37.6 Å². The molecule has 8 nitrogen and oxygen atoms in total. The Kier molecular flexibility index (Phi) is 9.81. The lowest BCUT2D eigenvalue weighted by Gasteiger charge is -2.28. The molecule has 2 aromatic rings. The fraction of sp³-hybridized carbons (Fsp3) is 0.375. The van der Waals surface area contributed by atoms with Crippen LogP contribution in [-0.4, -0.2) is 58.3 Å². The summed E-state index contributed by atoms with van der Waals surface area (Å²) in [5, 5.41) is 22.1. The molecule has 0 saturated carbocycles. The van der Waals surface area contributed by atoms with E-state index in [2.05, 4.69) is 5.32 Å². The Bertz CT molecular complexity index is 938. The fourth-order valence-corrected chi connectivity index (χ4v) is 3.11. The molecule has 2 amide bonds. The van der Waals surface area contributed by atoms with Gasteiger partial charge in [-0.1, -0.05) is 62.4 Å². The number of carbonyl (C=O) groups excluding carboxylic acids is 2. The molecule has 0 fully saturated rings. The number of carbonyl (C=O) groups is 3. The molecule has 178 valence electrons. The Balaban J connectivity index is 2.02. The zero-order valence-electron chi connectivity index (χ0n) is 18.6. The Morgan fingerprint density at radius 1 is 1.03 bits per heavy atom. The van der Waals surface area contributed by atoms with Gasteiger partial charge >= 0.3 is 18.0 Å². The molecule has 0 saturated heterocycles. The maximum absolute atomic E-state index is 13.9. The van der Waals surface area contributed by atoms with Crippen LogP contribution in [0.3, 0.4) is 0 Å². The summed E-state index contributed by atoms with van der Waals surface area (Å²) in [6.45, 7) is 3.39. The lowest BCUT2D eigenvalue weighted by molar-refractivity contribution is -0.155. The van der Waals surface area contributed by atoms with Gasteiger partial charge in [-0.2, -0.15) is 0 Å². The van der Waals surface area contributed by atoms with Crippen LogP contribution in [0, 0.1) is 11.7 Å². The number of nitrogens with zero attached hydrogens (tertiary/aromatic N) is 1. The number of nitrogens with one attached hydrogen (secondary N) is 1. The van der Waals surface area contributed by atoms with Crippen LogP contribution in [0.25, 0.3) is 0 Å². The Morgan fingerprint density at radius 3 is 2.27 bits per heavy atom. The molecule has 0 aromatic heterocycles. The largest absolute Gasteiger partial charge is 0.480 e. The molecule has 0 heterocycles. The van der Waals surface area contributed by atoms with E-state index in [0.717, 1.165) is 10.5 Å². The van der Waals surface area contributed by atoms with Gasteiger partial charge in [0.15, 0.2) is 6.10 Å². The van der Waals surface area contributed by atoms with Crippen molar-refractivity contribution in [1.82, 2.24) is 10.2 Å². The minimum absolute atomic E-state index is 0.0295. The molecular formula is C24H29FN2O6. The number of aliphatic hydroxyl groups excluding tert-OH is 1. The zero-order valence-corrected chi connectivity index (χ0v) is 18.6. The molecule has 3 N–H and O–H groups in total. The first-order valence-corrected chi connectivity index (χ1v) is 10.6. The van der Waals surface area contributed by atoms with Crippen LogP contribution in [0.5, 0.6) is 0 Å². The third kappa shape index (κ3) is 8.53. The molecule has 0 radical (unpaired) electrons. The average molecular weight is 461 g/mol. The van der Waals surface area contributed by atoms with E-state index in [0.29, 0.717) is 0 Å². The van der Waals surface area contributed by atoms with E-state index in [1.54, 1.807) is 30.3 Å². The number of aliphatic hydroxyl groups is 1. The predicted octanol–water partition coefficient (Wildman–Crippen LogP) is 2.59. The molecule has 0 bridgehead atoms. The van der Waals surface area contributed by atoms with E-state index in [1.165, 1.54) is 18.2 Å². The molecule has 2 aromatic carbocycles. The van der Waals surface area contributed by atoms with Crippen LogP contribution in [0.1, 0.15) is 25.0 Å². The summed E-state index contributed by atoms with van der Waals surface area (Å²) in [5.74, 6) is -2.84. The lowest BCUT2D eigenvalue weighted by Crippen LogP contribution is -2.52. The Hall–Kier alpha value is -3.46. The van der Waals surface area contributed by atoms with Gasteiger partial charge in [-0.25, -0.2) is 18.8 Å². The van der Waals surface area contributed by atoms with Crippen LogP contribution < -0.4 is 5.32 Å². The topological polar surface area (TPSA) is 116 Å². The number of benzene rings is 2. The Labute approximate surface area is 192 Å². The van der Waals surface area contributed by atoms with Crippen molar-refractivity contribution in [3.05, 3.63) is 71.5 Å². The number of rotatable bonds is 11. The van der Waals surface area contributed by atoms with Crippen molar-refractivity contribution in [3.8, 4) is 0 Å². The van der Waals surface area contributed by atoms with Crippen molar-refractivity contribution in [2.45, 2.75) is 39.0 Å². The van der Waals surface area contributed by atoms with Crippen molar-refractivity contribution in [2.24, 2.45) is 5.92 Å². The van der Waals surface area contributed by atoms with Gasteiger partial charge in [-0.3, -0.25) is 0 Å². The summed E-state index contributed by atoms with van der Waals surface area (Å²) < 4.78 is 19.0. The van der Waals surface area contributed by atoms with Gasteiger partial charge in [-0.15, -0.1) is 0 Å². The second-order valence-corrected chi connectivity index (χ2v) is 8.04. The SMILES string of the molecule is CC(C)CN(CC(O)C(=O)OCc1ccccc1)C(=O)N[C@@H](Cc1ccccc1F)C(=O)O. The van der Waals surface area contributed by atoms with E-state index >= 15 is 0 Å². The molecule has 2 rings (SSSR count). The van der Waals surface area contributed by atoms with E-state index < -0.39 is 35.9 Å². The minimum atomic E-state index is -1.62. The summed E-state index contributed by atoms with van der Waals surface area (Å²) in [7, 11) is 0. The average Bonchev–Trinajstić information content (AvgIpc) is 2.78. The molecule has 0 aliphatic heterocycles. The molecule has 0 spiro atoms. The number of carboxylic acid groups (broad SMARTS) is 1. The molecule has 1 unspecified atom stereocenters. The van der Waals surface area contributed by atoms with Crippen LogP contribution in [0.4, 0.5) is 9.18 Å². The highest BCUT2D eigenvalue weighted by molar-refractivity contribution is 5.83. The predicted molar refractivity (Wildman–Crippen MR) is 119 cm³/mol. The quantitative estimate of drug-likeness (QED) is 0.444. The molecule has 0 aliphatic rings. The minimum Gasteiger partial charge on any atom is -0.480 e. The van der Waals surface area contributed by atoms with Gasteiger partial charge in [0, 0.05) is 13.0 Å². The fourth-order valence-electron chi connectivity index (χ4n) is 3.11. The molecule has 33 heavy (non-hydrogen) atoms. The summed E-state index contributed by atoms with van der Waals surface area (Å²) in [4.78, 5) is 37.8. The number of halogens is 1. The smallest absolute Gasteiger partial charge is 0.337 e. The second kappa shape index (κ2) is 12.5. The monoisotopic (exact) mass is 460 g/mol. The number of hydrogen-bond acceptors (Lipinski definition) is 5. The highest BCUT2D eigenvalue weighted by atomic mass is 19.1. The highest BCUT2D eigenvalue weighted by Crippen LogP contribution is 2.11. The lowest BCUT2D eigenvalue weighted by atomic mass is 10.1. The van der Waals surface area contributed by atoms with Crippen molar-refractivity contribution in [1.29, 1.82) is 0 Å². The van der Waals surface area contributed by atoms with E-state index in [1.807, 2.05) is 19.9 Å². The van der Waals surface area contributed by atoms with Gasteiger partial charge < -0.3 is 25.2 Å². The van der Waals surface area contributed by atoms with Crippen molar-refractivity contribution >= 4 is 18.0 Å². The third-order valence-electron chi connectivity index (χ3n) is 4.74. The van der Waals surface area contributed by atoms with Crippen molar-refractivity contribution in [3.63, 3.8) is 0 Å². The van der Waals surface area contributed by atoms with Gasteiger partial charge in [0.05, 0.1) is 6.54 Å².